The number of carbonyl (C=O) groups is 2. The van der Waals surface area contributed by atoms with E-state index in [2.05, 4.69) is 15.4 Å². The molecule has 0 saturated heterocycles. The van der Waals surface area contributed by atoms with Gasteiger partial charge in [0.15, 0.2) is 5.82 Å². The molecule has 33 heavy (non-hydrogen) atoms. The predicted octanol–water partition coefficient (Wildman–Crippen LogP) is 3.91. The van der Waals surface area contributed by atoms with Crippen molar-refractivity contribution < 1.29 is 27.2 Å². The highest BCUT2D eigenvalue weighted by Crippen LogP contribution is 2.34. The Balaban J connectivity index is 1.38. The van der Waals surface area contributed by atoms with Crippen molar-refractivity contribution in [3.63, 3.8) is 0 Å². The van der Waals surface area contributed by atoms with Crippen molar-refractivity contribution in [3.8, 4) is 11.4 Å². The quantitative estimate of drug-likeness (QED) is 0.337. The van der Waals surface area contributed by atoms with Crippen LogP contribution >= 0.6 is 11.3 Å². The number of amides is 2. The lowest BCUT2D eigenvalue weighted by atomic mass is 10.1. The summed E-state index contributed by atoms with van der Waals surface area (Å²) in [4.78, 5) is 29.0. The van der Waals surface area contributed by atoms with Crippen LogP contribution in [-0.4, -0.2) is 33.0 Å². The molecule has 2 aromatic heterocycles. The standard InChI is InChI=1S/C21H15F4N5O2S/c22-13-5-3-4-12(10-13)17-28-20-30(29-17)14(11-33-20)8-9-26-18(31)19(32)27-16-7-2-1-6-15(16)21(23,24)25/h1-7,10-11H,8-9H2,(H,26,31)(H,27,32). The normalized spacial score (nSPS) is 11.5. The molecule has 12 heteroatoms. The molecular formula is C21H15F4N5O2S. The van der Waals surface area contributed by atoms with E-state index in [0.29, 0.717) is 22.0 Å². The minimum atomic E-state index is -4.67. The van der Waals surface area contributed by atoms with Crippen LogP contribution in [0.1, 0.15) is 11.3 Å². The van der Waals surface area contributed by atoms with Crippen molar-refractivity contribution in [2.24, 2.45) is 0 Å². The van der Waals surface area contributed by atoms with Gasteiger partial charge in [-0.2, -0.15) is 18.2 Å². The second-order valence-corrected chi connectivity index (χ2v) is 7.71. The van der Waals surface area contributed by atoms with Gasteiger partial charge in [0, 0.05) is 23.9 Å². The summed E-state index contributed by atoms with van der Waals surface area (Å²) in [6.45, 7) is 0.0359. The number of aromatic nitrogens is 3. The average molecular weight is 477 g/mol. The average Bonchev–Trinajstić information content (AvgIpc) is 3.35. The molecular weight excluding hydrogens is 462 g/mol. The van der Waals surface area contributed by atoms with Crippen LogP contribution in [0, 0.1) is 5.82 Å². The van der Waals surface area contributed by atoms with Gasteiger partial charge in [-0.25, -0.2) is 8.91 Å². The highest BCUT2D eigenvalue weighted by Gasteiger charge is 2.34. The molecule has 4 aromatic rings. The van der Waals surface area contributed by atoms with E-state index in [0.717, 1.165) is 12.1 Å². The van der Waals surface area contributed by atoms with E-state index in [4.69, 9.17) is 0 Å². The Labute approximate surface area is 188 Å². The van der Waals surface area contributed by atoms with Crippen LogP contribution in [0.2, 0.25) is 0 Å². The number of nitrogens with one attached hydrogen (secondary N) is 2. The summed E-state index contributed by atoms with van der Waals surface area (Å²) in [7, 11) is 0. The number of carbonyl (C=O) groups excluding carboxylic acids is 2. The van der Waals surface area contributed by atoms with Crippen LogP contribution in [0.4, 0.5) is 23.2 Å². The fourth-order valence-electron chi connectivity index (χ4n) is 3.05. The maximum absolute atomic E-state index is 13.5. The monoisotopic (exact) mass is 477 g/mol. The Bertz CT molecular complexity index is 1330. The molecule has 0 fully saturated rings. The third kappa shape index (κ3) is 5.00. The Morgan fingerprint density at radius 1 is 1.06 bits per heavy atom. The second kappa shape index (κ2) is 8.98. The first-order chi connectivity index (χ1) is 15.7. The van der Waals surface area contributed by atoms with E-state index in [-0.39, 0.29) is 13.0 Å². The van der Waals surface area contributed by atoms with E-state index < -0.39 is 35.1 Å². The zero-order chi connectivity index (χ0) is 23.6. The van der Waals surface area contributed by atoms with Crippen LogP contribution < -0.4 is 10.6 Å². The molecule has 0 unspecified atom stereocenters. The Kier molecular flexibility index (Phi) is 6.09. The van der Waals surface area contributed by atoms with Gasteiger partial charge >= 0.3 is 18.0 Å². The van der Waals surface area contributed by atoms with Crippen LogP contribution in [0.3, 0.4) is 0 Å². The summed E-state index contributed by atoms with van der Waals surface area (Å²) in [5.74, 6) is -2.35. The van der Waals surface area contributed by atoms with E-state index in [9.17, 15) is 27.2 Å². The van der Waals surface area contributed by atoms with Crippen LogP contribution in [0.5, 0.6) is 0 Å². The number of anilines is 1. The number of nitrogens with zero attached hydrogens (tertiary/aromatic N) is 3. The molecule has 0 aliphatic carbocycles. The van der Waals surface area contributed by atoms with Crippen LogP contribution in [-0.2, 0) is 22.2 Å². The smallest absolute Gasteiger partial charge is 0.347 e. The maximum atomic E-state index is 13.5. The molecule has 0 spiro atoms. The Morgan fingerprint density at radius 2 is 1.85 bits per heavy atom. The lowest BCUT2D eigenvalue weighted by molar-refractivity contribution is -0.138. The number of thiazole rings is 1. The maximum Gasteiger partial charge on any atom is 0.418 e. The van der Waals surface area contributed by atoms with Crippen LogP contribution in [0.25, 0.3) is 16.3 Å². The van der Waals surface area contributed by atoms with E-state index in [1.54, 1.807) is 22.0 Å². The summed E-state index contributed by atoms with van der Waals surface area (Å²) in [5, 5.41) is 10.5. The zero-order valence-corrected chi connectivity index (χ0v) is 17.5. The van der Waals surface area contributed by atoms with Crippen LogP contribution in [0.15, 0.2) is 53.9 Å². The van der Waals surface area contributed by atoms with Gasteiger partial charge in [0.1, 0.15) is 5.82 Å². The molecule has 0 saturated carbocycles. The highest BCUT2D eigenvalue weighted by molar-refractivity contribution is 7.15. The number of halogens is 4. The molecule has 0 atom stereocenters. The number of hydrogen-bond acceptors (Lipinski definition) is 5. The van der Waals surface area contributed by atoms with Gasteiger partial charge in [0.2, 0.25) is 4.96 Å². The Hall–Kier alpha value is -3.80. The molecule has 0 aliphatic rings. The number of fused-ring (bicyclic) bond motifs is 1. The molecule has 7 nitrogen and oxygen atoms in total. The highest BCUT2D eigenvalue weighted by atomic mass is 32.1. The van der Waals surface area contributed by atoms with Crippen molar-refractivity contribution >= 4 is 33.8 Å². The molecule has 2 heterocycles. The minimum Gasteiger partial charge on any atom is -0.347 e. The van der Waals surface area contributed by atoms with Crippen molar-refractivity contribution in [1.82, 2.24) is 19.9 Å². The fourth-order valence-corrected chi connectivity index (χ4v) is 3.91. The van der Waals surface area contributed by atoms with E-state index >= 15 is 0 Å². The first kappa shape index (κ1) is 22.4. The topological polar surface area (TPSA) is 88.4 Å². The van der Waals surface area contributed by atoms with E-state index in [1.807, 2.05) is 5.32 Å². The lowest BCUT2D eigenvalue weighted by Crippen LogP contribution is -2.37. The molecule has 4 rings (SSSR count). The predicted molar refractivity (Wildman–Crippen MR) is 113 cm³/mol. The zero-order valence-electron chi connectivity index (χ0n) is 16.7. The molecule has 0 bridgehead atoms. The first-order valence-corrected chi connectivity index (χ1v) is 10.4. The molecule has 0 radical (unpaired) electrons. The Morgan fingerprint density at radius 3 is 2.61 bits per heavy atom. The van der Waals surface area contributed by atoms with Gasteiger partial charge in [0.05, 0.1) is 16.9 Å². The van der Waals surface area contributed by atoms with Gasteiger partial charge in [-0.15, -0.1) is 16.4 Å². The van der Waals surface area contributed by atoms with Gasteiger partial charge in [-0.1, -0.05) is 24.3 Å². The van der Waals surface area contributed by atoms with Gasteiger partial charge in [-0.3, -0.25) is 9.59 Å². The summed E-state index contributed by atoms with van der Waals surface area (Å²) >= 11 is 1.30. The van der Waals surface area contributed by atoms with Gasteiger partial charge in [0.25, 0.3) is 0 Å². The van der Waals surface area contributed by atoms with Crippen molar-refractivity contribution in [2.45, 2.75) is 12.6 Å². The third-order valence-electron chi connectivity index (χ3n) is 4.59. The summed E-state index contributed by atoms with van der Waals surface area (Å²) in [6, 6.07) is 10.2. The number of rotatable bonds is 5. The summed E-state index contributed by atoms with van der Waals surface area (Å²) < 4.78 is 54.1. The molecule has 2 N–H and O–H groups in total. The first-order valence-electron chi connectivity index (χ1n) is 9.57. The number of benzene rings is 2. The second-order valence-electron chi connectivity index (χ2n) is 6.87. The molecule has 170 valence electrons. The largest absolute Gasteiger partial charge is 0.418 e. The fraction of sp³-hybridized carbons (Fsp3) is 0.143. The molecule has 2 amide bonds. The molecule has 0 aliphatic heterocycles. The summed E-state index contributed by atoms with van der Waals surface area (Å²) in [6.07, 6.45) is -4.39. The van der Waals surface area contributed by atoms with Crippen molar-refractivity contribution in [2.75, 3.05) is 11.9 Å². The minimum absolute atomic E-state index is 0.0359. The lowest BCUT2D eigenvalue weighted by Gasteiger charge is -2.13. The number of alkyl halides is 3. The van der Waals surface area contributed by atoms with Crippen molar-refractivity contribution in [1.29, 1.82) is 0 Å². The van der Waals surface area contributed by atoms with Gasteiger partial charge < -0.3 is 10.6 Å². The third-order valence-corrected chi connectivity index (χ3v) is 5.45. The van der Waals surface area contributed by atoms with E-state index in [1.165, 1.54) is 35.6 Å². The SMILES string of the molecule is O=C(NCCc1csc2nc(-c3cccc(F)c3)nn12)C(=O)Nc1ccccc1C(F)(F)F. The molecule has 2 aromatic carbocycles. The van der Waals surface area contributed by atoms with Crippen molar-refractivity contribution in [3.05, 3.63) is 71.0 Å². The van der Waals surface area contributed by atoms with Gasteiger partial charge in [-0.05, 0) is 24.3 Å². The summed E-state index contributed by atoms with van der Waals surface area (Å²) in [5.41, 5.74) is -0.349. The number of para-hydroxylation sites is 1. The number of hydrogen-bond donors (Lipinski definition) is 2.